The first-order chi connectivity index (χ1) is 15.6. The average Bonchev–Trinajstić information content (AvgIpc) is 3.48. The highest BCUT2D eigenvalue weighted by Gasteiger charge is 2.23. The predicted molar refractivity (Wildman–Crippen MR) is 119 cm³/mol. The molecule has 2 heterocycles. The van der Waals surface area contributed by atoms with E-state index in [-0.39, 0.29) is 23.5 Å². The van der Waals surface area contributed by atoms with Crippen molar-refractivity contribution in [1.29, 1.82) is 0 Å². The van der Waals surface area contributed by atoms with Gasteiger partial charge < -0.3 is 14.2 Å². The summed E-state index contributed by atoms with van der Waals surface area (Å²) < 4.78 is 31.7. The summed E-state index contributed by atoms with van der Waals surface area (Å²) in [5.41, 5.74) is 1.20. The molecule has 32 heavy (non-hydrogen) atoms. The summed E-state index contributed by atoms with van der Waals surface area (Å²) >= 11 is 1.30. The van der Waals surface area contributed by atoms with E-state index in [1.165, 1.54) is 31.0 Å². The van der Waals surface area contributed by atoms with Gasteiger partial charge in [0.25, 0.3) is 0 Å². The van der Waals surface area contributed by atoms with Crippen molar-refractivity contribution < 1.29 is 23.4 Å². The molecule has 168 valence electrons. The van der Waals surface area contributed by atoms with Gasteiger partial charge in [-0.1, -0.05) is 11.8 Å². The molecule has 0 radical (unpaired) electrons. The van der Waals surface area contributed by atoms with Gasteiger partial charge in [0.2, 0.25) is 0 Å². The molecule has 9 heteroatoms. The molecule has 1 aliphatic rings. The van der Waals surface area contributed by atoms with Crippen LogP contribution in [0, 0.1) is 5.82 Å². The Kier molecular flexibility index (Phi) is 7.06. The molecular formula is C23H24FN3O4S. The van der Waals surface area contributed by atoms with Crippen LogP contribution in [0.25, 0.3) is 11.4 Å². The van der Waals surface area contributed by atoms with Gasteiger partial charge in [-0.3, -0.25) is 9.36 Å². The number of methoxy groups -OCH3 is 2. The topological polar surface area (TPSA) is 75.5 Å². The Morgan fingerprint density at radius 2 is 2.00 bits per heavy atom. The van der Waals surface area contributed by atoms with Gasteiger partial charge in [-0.2, -0.15) is 0 Å². The van der Waals surface area contributed by atoms with Crippen LogP contribution in [0.15, 0.2) is 47.6 Å². The summed E-state index contributed by atoms with van der Waals surface area (Å²) in [7, 11) is 3.08. The number of carbonyl (C=O) groups excluding carboxylic acids is 1. The van der Waals surface area contributed by atoms with Gasteiger partial charge in [-0.25, -0.2) is 4.39 Å². The highest BCUT2D eigenvalue weighted by Crippen LogP contribution is 2.29. The highest BCUT2D eigenvalue weighted by molar-refractivity contribution is 7.99. The van der Waals surface area contributed by atoms with Crippen LogP contribution in [-0.4, -0.2) is 53.2 Å². The second kappa shape index (κ2) is 10.1. The first-order valence-electron chi connectivity index (χ1n) is 10.3. The largest absolute Gasteiger partial charge is 0.497 e. The lowest BCUT2D eigenvalue weighted by Gasteiger charge is -2.15. The fraction of sp³-hybridized carbons (Fsp3) is 0.348. The lowest BCUT2D eigenvalue weighted by molar-refractivity contribution is 0.0953. The molecular weight excluding hydrogens is 433 g/mol. The van der Waals surface area contributed by atoms with Crippen molar-refractivity contribution in [3.8, 4) is 22.9 Å². The summed E-state index contributed by atoms with van der Waals surface area (Å²) in [5, 5.41) is 9.25. The molecule has 2 aromatic carbocycles. The third-order valence-electron chi connectivity index (χ3n) is 5.27. The zero-order chi connectivity index (χ0) is 22.5. The van der Waals surface area contributed by atoms with Crippen molar-refractivity contribution in [3.05, 3.63) is 53.8 Å². The predicted octanol–water partition coefficient (Wildman–Crippen LogP) is 4.26. The Labute approximate surface area is 189 Å². The van der Waals surface area contributed by atoms with E-state index in [4.69, 9.17) is 14.2 Å². The van der Waals surface area contributed by atoms with Crippen LogP contribution < -0.4 is 9.47 Å². The lowest BCUT2D eigenvalue weighted by atomic mass is 10.1. The molecule has 1 aliphatic heterocycles. The summed E-state index contributed by atoms with van der Waals surface area (Å²) in [4.78, 5) is 13.0. The normalized spacial score (nSPS) is 15.7. The number of benzene rings is 2. The minimum atomic E-state index is -0.314. The number of carbonyl (C=O) groups is 1. The Morgan fingerprint density at radius 1 is 1.19 bits per heavy atom. The minimum absolute atomic E-state index is 0.0544. The summed E-state index contributed by atoms with van der Waals surface area (Å²) in [6, 6.07) is 11.3. The van der Waals surface area contributed by atoms with E-state index in [0.29, 0.717) is 34.6 Å². The number of hydrogen-bond donors (Lipinski definition) is 0. The Bertz CT molecular complexity index is 1080. The number of thioether (sulfide) groups is 1. The maximum atomic E-state index is 13.4. The van der Waals surface area contributed by atoms with Crippen LogP contribution in [0.3, 0.4) is 0 Å². The molecule has 1 atom stereocenters. The molecule has 7 nitrogen and oxygen atoms in total. The second-order valence-electron chi connectivity index (χ2n) is 7.34. The Balaban J connectivity index is 1.58. The minimum Gasteiger partial charge on any atom is -0.497 e. The van der Waals surface area contributed by atoms with E-state index in [1.807, 2.05) is 4.57 Å². The third kappa shape index (κ3) is 4.94. The van der Waals surface area contributed by atoms with E-state index in [2.05, 4.69) is 10.2 Å². The molecule has 3 aromatic rings. The monoisotopic (exact) mass is 457 g/mol. The summed E-state index contributed by atoms with van der Waals surface area (Å²) in [6.45, 7) is 1.30. The van der Waals surface area contributed by atoms with Gasteiger partial charge in [0, 0.05) is 12.2 Å². The van der Waals surface area contributed by atoms with Crippen LogP contribution >= 0.6 is 11.8 Å². The smallest absolute Gasteiger partial charge is 0.192 e. The third-order valence-corrected chi connectivity index (χ3v) is 6.24. The van der Waals surface area contributed by atoms with E-state index in [1.54, 1.807) is 37.4 Å². The molecule has 0 aliphatic carbocycles. The van der Waals surface area contributed by atoms with Crippen LogP contribution in [0.4, 0.5) is 4.39 Å². The fourth-order valence-electron chi connectivity index (χ4n) is 3.60. The molecule has 1 saturated heterocycles. The molecule has 0 unspecified atom stereocenters. The van der Waals surface area contributed by atoms with Crippen LogP contribution in [0.2, 0.25) is 0 Å². The van der Waals surface area contributed by atoms with Crippen molar-refractivity contribution >= 4 is 17.5 Å². The van der Waals surface area contributed by atoms with Crippen LogP contribution in [-0.2, 0) is 11.3 Å². The summed E-state index contributed by atoms with van der Waals surface area (Å²) in [5.74, 6) is 1.42. The first-order valence-corrected chi connectivity index (χ1v) is 11.3. The van der Waals surface area contributed by atoms with Crippen LogP contribution in [0.1, 0.15) is 23.2 Å². The number of aromatic nitrogens is 3. The number of ether oxygens (including phenoxy) is 3. The Hall–Kier alpha value is -2.91. The number of rotatable bonds is 9. The quantitative estimate of drug-likeness (QED) is 0.351. The van der Waals surface area contributed by atoms with Gasteiger partial charge in [-0.05, 0) is 55.3 Å². The SMILES string of the molecule is COc1ccc(OC)c(C(=O)CSc2nnc(-c3ccc(F)cc3)n2C[C@H]2CCCO2)c1. The van der Waals surface area contributed by atoms with Gasteiger partial charge in [0.15, 0.2) is 16.8 Å². The Morgan fingerprint density at radius 3 is 2.69 bits per heavy atom. The number of hydrogen-bond acceptors (Lipinski definition) is 7. The average molecular weight is 458 g/mol. The van der Waals surface area contributed by atoms with E-state index in [0.717, 1.165) is 25.0 Å². The number of Topliss-reactive ketones (excluding diaryl/α,β-unsaturated/α-hetero) is 1. The fourth-order valence-corrected chi connectivity index (χ4v) is 4.44. The van der Waals surface area contributed by atoms with E-state index < -0.39 is 0 Å². The second-order valence-corrected chi connectivity index (χ2v) is 8.28. The number of nitrogens with zero attached hydrogens (tertiary/aromatic N) is 3. The number of ketones is 1. The first kappa shape index (κ1) is 22.3. The van der Waals surface area contributed by atoms with E-state index >= 15 is 0 Å². The van der Waals surface area contributed by atoms with Gasteiger partial charge in [0.05, 0.1) is 38.2 Å². The maximum Gasteiger partial charge on any atom is 0.192 e. The lowest BCUT2D eigenvalue weighted by Crippen LogP contribution is -2.17. The van der Waals surface area contributed by atoms with Crippen molar-refractivity contribution in [2.24, 2.45) is 0 Å². The van der Waals surface area contributed by atoms with Crippen molar-refractivity contribution in [2.45, 2.75) is 30.6 Å². The zero-order valence-electron chi connectivity index (χ0n) is 17.9. The molecule has 0 N–H and O–H groups in total. The van der Waals surface area contributed by atoms with Crippen molar-refractivity contribution in [2.75, 3.05) is 26.6 Å². The molecule has 0 bridgehead atoms. The van der Waals surface area contributed by atoms with Crippen LogP contribution in [0.5, 0.6) is 11.5 Å². The maximum absolute atomic E-state index is 13.4. The molecule has 1 fully saturated rings. The summed E-state index contributed by atoms with van der Waals surface area (Å²) in [6.07, 6.45) is 2.01. The van der Waals surface area contributed by atoms with Crippen molar-refractivity contribution in [3.63, 3.8) is 0 Å². The van der Waals surface area contributed by atoms with E-state index in [9.17, 15) is 9.18 Å². The highest BCUT2D eigenvalue weighted by atomic mass is 32.2. The van der Waals surface area contributed by atoms with Gasteiger partial charge >= 0.3 is 0 Å². The standard InChI is InChI=1S/C23H24FN3O4S/c1-29-17-9-10-21(30-2)19(12-17)20(28)14-32-23-26-25-22(15-5-7-16(24)8-6-15)27(23)13-18-4-3-11-31-18/h5-10,12,18H,3-4,11,13-14H2,1-2H3/t18-/m1/s1. The molecule has 0 amide bonds. The zero-order valence-corrected chi connectivity index (χ0v) is 18.7. The number of halogens is 1. The molecule has 0 spiro atoms. The van der Waals surface area contributed by atoms with Crippen molar-refractivity contribution in [1.82, 2.24) is 14.8 Å². The van der Waals surface area contributed by atoms with Gasteiger partial charge in [0.1, 0.15) is 17.3 Å². The molecule has 4 rings (SSSR count). The van der Waals surface area contributed by atoms with Gasteiger partial charge in [-0.15, -0.1) is 10.2 Å². The molecule has 1 aromatic heterocycles. The molecule has 0 saturated carbocycles.